The predicted octanol–water partition coefficient (Wildman–Crippen LogP) is 1.25. The number of carbonyl (C=O) groups is 1. The minimum absolute atomic E-state index is 0.147. The lowest BCUT2D eigenvalue weighted by atomic mass is 9.79. The molecule has 2 N–H and O–H groups in total. The minimum Gasteiger partial charge on any atom is -0.495 e. The number of amides is 1. The Kier molecular flexibility index (Phi) is 2.27. The summed E-state index contributed by atoms with van der Waals surface area (Å²) in [6, 6.07) is 2.17. The lowest BCUT2D eigenvalue weighted by Crippen LogP contribution is -2.22. The first-order valence-electron chi connectivity index (χ1n) is 5.23. The van der Waals surface area contributed by atoms with E-state index in [2.05, 4.69) is 6.07 Å². The van der Waals surface area contributed by atoms with E-state index in [9.17, 15) is 4.79 Å². The van der Waals surface area contributed by atoms with Gasteiger partial charge in [0.2, 0.25) is 5.91 Å². The molecule has 0 saturated carbocycles. The molecule has 0 aromatic heterocycles. The molecule has 16 heavy (non-hydrogen) atoms. The average molecular weight is 218 g/mol. The van der Waals surface area contributed by atoms with Gasteiger partial charge in [-0.3, -0.25) is 4.79 Å². The topological polar surface area (TPSA) is 76.1 Å². The van der Waals surface area contributed by atoms with Crippen LogP contribution in [0.1, 0.15) is 20.3 Å². The summed E-state index contributed by atoms with van der Waals surface area (Å²) < 4.78 is 5.56. The van der Waals surface area contributed by atoms with Gasteiger partial charge >= 0.3 is 0 Å². The summed E-state index contributed by atoms with van der Waals surface area (Å²) in [4.78, 5) is 11.2. The summed E-state index contributed by atoms with van der Waals surface area (Å²) in [5.74, 6) is -0.101. The Hall–Kier alpha value is -1.76. The van der Waals surface area contributed by atoms with Crippen LogP contribution in [0.2, 0.25) is 0 Å². The Bertz CT molecular complexity index is 452. The Balaban J connectivity index is 2.49. The molecule has 0 spiro atoms. The molecule has 4 heteroatoms. The molecule has 0 fully saturated rings. The van der Waals surface area contributed by atoms with Crippen LogP contribution < -0.4 is 5.73 Å². The molecule has 1 aliphatic heterocycles. The Morgan fingerprint density at radius 3 is 2.94 bits per heavy atom. The lowest BCUT2D eigenvalue weighted by molar-refractivity contribution is -0.114. The smallest absolute Gasteiger partial charge is 0.244 e. The van der Waals surface area contributed by atoms with Gasteiger partial charge in [-0.2, -0.15) is 5.26 Å². The van der Waals surface area contributed by atoms with Crippen molar-refractivity contribution in [2.24, 2.45) is 17.1 Å². The van der Waals surface area contributed by atoms with Gasteiger partial charge < -0.3 is 10.5 Å². The molecular weight excluding hydrogens is 204 g/mol. The zero-order valence-electron chi connectivity index (χ0n) is 9.41. The molecule has 4 nitrogen and oxygen atoms in total. The molecule has 1 heterocycles. The van der Waals surface area contributed by atoms with E-state index < -0.39 is 5.91 Å². The third-order valence-corrected chi connectivity index (χ3v) is 3.11. The summed E-state index contributed by atoms with van der Waals surface area (Å²) in [7, 11) is 0. The van der Waals surface area contributed by atoms with E-state index >= 15 is 0 Å². The highest BCUT2D eigenvalue weighted by Crippen LogP contribution is 2.44. The van der Waals surface area contributed by atoms with Gasteiger partial charge in [0.15, 0.2) is 0 Å². The summed E-state index contributed by atoms with van der Waals surface area (Å²) in [5.41, 5.74) is 6.59. The highest BCUT2D eigenvalue weighted by molar-refractivity contribution is 5.93. The summed E-state index contributed by atoms with van der Waals surface area (Å²) in [6.45, 7) is 4.62. The van der Waals surface area contributed by atoms with Crippen molar-refractivity contribution in [3.63, 3.8) is 0 Å². The molecule has 84 valence electrons. The van der Waals surface area contributed by atoms with Crippen LogP contribution >= 0.6 is 0 Å². The number of primary amides is 1. The predicted molar refractivity (Wildman–Crippen MR) is 57.8 cm³/mol. The highest BCUT2D eigenvalue weighted by atomic mass is 16.5. The minimum atomic E-state index is -0.450. The van der Waals surface area contributed by atoms with Crippen LogP contribution in [0.5, 0.6) is 0 Å². The largest absolute Gasteiger partial charge is 0.495 e. The Labute approximate surface area is 94.4 Å². The van der Waals surface area contributed by atoms with Crippen LogP contribution in [0.25, 0.3) is 0 Å². The van der Waals surface area contributed by atoms with Crippen LogP contribution in [-0.2, 0) is 9.53 Å². The number of nitrogens with zero attached hydrogens (tertiary/aromatic N) is 1. The van der Waals surface area contributed by atoms with Gasteiger partial charge in [0.05, 0.1) is 12.7 Å². The highest BCUT2D eigenvalue weighted by Gasteiger charge is 2.40. The maximum absolute atomic E-state index is 11.2. The van der Waals surface area contributed by atoms with Gasteiger partial charge in [-0.05, 0) is 6.08 Å². The molecule has 0 aromatic rings. The number of nitrogens with two attached hydrogens (primary N) is 1. The third kappa shape index (κ3) is 1.49. The number of rotatable bonds is 1. The van der Waals surface area contributed by atoms with E-state index in [4.69, 9.17) is 15.7 Å². The van der Waals surface area contributed by atoms with Crippen molar-refractivity contribution >= 4 is 5.91 Å². The van der Waals surface area contributed by atoms with E-state index in [0.29, 0.717) is 18.6 Å². The molecule has 0 saturated heterocycles. The number of hydrogen-bond acceptors (Lipinski definition) is 3. The van der Waals surface area contributed by atoms with Crippen molar-refractivity contribution in [3.8, 4) is 6.07 Å². The molecule has 2 rings (SSSR count). The fourth-order valence-electron chi connectivity index (χ4n) is 2.12. The Morgan fingerprint density at radius 1 is 1.69 bits per heavy atom. The summed E-state index contributed by atoms with van der Waals surface area (Å²) >= 11 is 0. The molecule has 0 bridgehead atoms. The zero-order valence-corrected chi connectivity index (χ0v) is 9.41. The zero-order chi connectivity index (χ0) is 11.9. The first-order valence-corrected chi connectivity index (χ1v) is 5.23. The molecule has 1 amide bonds. The van der Waals surface area contributed by atoms with E-state index in [1.807, 2.05) is 13.8 Å². The van der Waals surface area contributed by atoms with E-state index in [1.54, 1.807) is 6.08 Å². The molecule has 1 atom stereocenters. The van der Waals surface area contributed by atoms with Crippen molar-refractivity contribution in [1.82, 2.24) is 0 Å². The summed E-state index contributed by atoms with van der Waals surface area (Å²) in [5, 5.41) is 9.06. The van der Waals surface area contributed by atoms with Gasteiger partial charge in [-0.15, -0.1) is 0 Å². The van der Waals surface area contributed by atoms with Gasteiger partial charge in [-0.25, -0.2) is 0 Å². The fraction of sp³-hybridized carbons (Fsp3) is 0.500. The van der Waals surface area contributed by atoms with Gasteiger partial charge in [-0.1, -0.05) is 13.8 Å². The molecule has 1 aliphatic carbocycles. The molecule has 1 unspecified atom stereocenters. The van der Waals surface area contributed by atoms with Gasteiger partial charge in [0.25, 0.3) is 0 Å². The van der Waals surface area contributed by atoms with E-state index in [1.165, 1.54) is 0 Å². The lowest BCUT2D eigenvalue weighted by Gasteiger charge is -2.21. The van der Waals surface area contributed by atoms with Gasteiger partial charge in [0, 0.05) is 23.0 Å². The quantitative estimate of drug-likeness (QED) is 0.719. The second-order valence-electron chi connectivity index (χ2n) is 4.87. The summed E-state index contributed by atoms with van der Waals surface area (Å²) in [6.07, 6.45) is 2.15. The average Bonchev–Trinajstić information content (AvgIpc) is 2.54. The second-order valence-corrected chi connectivity index (χ2v) is 4.87. The van der Waals surface area contributed by atoms with Crippen LogP contribution in [0.3, 0.4) is 0 Å². The number of allylic oxidation sites excluding steroid dienone is 2. The monoisotopic (exact) mass is 218 g/mol. The van der Waals surface area contributed by atoms with E-state index in [-0.39, 0.29) is 11.3 Å². The van der Waals surface area contributed by atoms with E-state index in [0.717, 1.165) is 11.3 Å². The van der Waals surface area contributed by atoms with Crippen molar-refractivity contribution in [3.05, 3.63) is 23.0 Å². The molecular formula is C12H14N2O2. The van der Waals surface area contributed by atoms with Crippen LogP contribution in [0.15, 0.2) is 23.0 Å². The van der Waals surface area contributed by atoms with Crippen molar-refractivity contribution < 1.29 is 9.53 Å². The fourth-order valence-corrected chi connectivity index (χ4v) is 2.12. The standard InChI is InChI=1S/C12H14N2O2/c1-12(2)6-16-10-8(5-13)3-7(11(14)15)4-9(10)12/h4,8H,3,6H2,1-2H3,(H2,14,15). The van der Waals surface area contributed by atoms with Crippen molar-refractivity contribution in [2.45, 2.75) is 20.3 Å². The molecule has 0 aromatic carbocycles. The Morgan fingerprint density at radius 2 is 2.38 bits per heavy atom. The van der Waals surface area contributed by atoms with Crippen LogP contribution in [0.4, 0.5) is 0 Å². The normalized spacial score (nSPS) is 26.6. The number of carbonyl (C=O) groups excluding carboxylic acids is 1. The van der Waals surface area contributed by atoms with Crippen LogP contribution in [0, 0.1) is 22.7 Å². The first-order chi connectivity index (χ1) is 7.45. The molecule has 2 aliphatic rings. The van der Waals surface area contributed by atoms with Crippen LogP contribution in [-0.4, -0.2) is 12.5 Å². The maximum atomic E-state index is 11.2. The second kappa shape index (κ2) is 3.38. The van der Waals surface area contributed by atoms with Crippen molar-refractivity contribution in [2.75, 3.05) is 6.61 Å². The third-order valence-electron chi connectivity index (χ3n) is 3.11. The number of nitriles is 1. The maximum Gasteiger partial charge on any atom is 0.244 e. The van der Waals surface area contributed by atoms with Crippen molar-refractivity contribution in [1.29, 1.82) is 5.26 Å². The number of hydrogen-bond donors (Lipinski definition) is 1. The SMILES string of the molecule is CC1(C)COC2=C1C=C(C(N)=O)CC2C#N. The number of ether oxygens (including phenoxy) is 1. The molecule has 0 radical (unpaired) electrons. The van der Waals surface area contributed by atoms with Gasteiger partial charge in [0.1, 0.15) is 11.7 Å². The first kappa shape index (κ1) is 10.7.